The van der Waals surface area contributed by atoms with Gasteiger partial charge in [-0.3, -0.25) is 10.1 Å². The molecule has 2 saturated heterocycles. The summed E-state index contributed by atoms with van der Waals surface area (Å²) in [5.74, 6) is -0.202. The van der Waals surface area contributed by atoms with Crippen molar-refractivity contribution in [2.45, 2.75) is 31.7 Å². The standard InChI is InChI=1S/C10H17N3O2/c1-10(8(14)11-9(15)12-10)4-7-13-5-2-3-6-13/h2-7H2,1H3,(H2,11,12,14,15)/t10-/m0/s1. The minimum absolute atomic E-state index is 0.202. The molecule has 2 rings (SSSR count). The van der Waals surface area contributed by atoms with Crippen LogP contribution >= 0.6 is 0 Å². The molecule has 2 aliphatic rings. The molecule has 2 heterocycles. The van der Waals surface area contributed by atoms with E-state index in [9.17, 15) is 9.59 Å². The van der Waals surface area contributed by atoms with Gasteiger partial charge in [-0.25, -0.2) is 4.79 Å². The van der Waals surface area contributed by atoms with Crippen molar-refractivity contribution in [3.8, 4) is 0 Å². The van der Waals surface area contributed by atoms with E-state index >= 15 is 0 Å². The van der Waals surface area contributed by atoms with Crippen molar-refractivity contribution in [2.75, 3.05) is 19.6 Å². The summed E-state index contributed by atoms with van der Waals surface area (Å²) in [5, 5.41) is 4.95. The Morgan fingerprint density at radius 3 is 2.53 bits per heavy atom. The molecule has 15 heavy (non-hydrogen) atoms. The fraction of sp³-hybridized carbons (Fsp3) is 0.800. The lowest BCUT2D eigenvalue weighted by Gasteiger charge is -2.23. The molecular formula is C10H17N3O2. The first-order valence-corrected chi connectivity index (χ1v) is 5.46. The van der Waals surface area contributed by atoms with Crippen molar-refractivity contribution in [2.24, 2.45) is 0 Å². The summed E-state index contributed by atoms with van der Waals surface area (Å²) in [5.41, 5.74) is -0.709. The van der Waals surface area contributed by atoms with E-state index in [4.69, 9.17) is 0 Å². The molecule has 0 radical (unpaired) electrons. The molecule has 0 bridgehead atoms. The van der Waals surface area contributed by atoms with Crippen LogP contribution in [0.5, 0.6) is 0 Å². The van der Waals surface area contributed by atoms with Gasteiger partial charge < -0.3 is 10.2 Å². The van der Waals surface area contributed by atoms with Crippen LogP contribution in [0.3, 0.4) is 0 Å². The number of nitrogens with zero attached hydrogens (tertiary/aromatic N) is 1. The van der Waals surface area contributed by atoms with Gasteiger partial charge in [-0.1, -0.05) is 0 Å². The minimum Gasteiger partial charge on any atom is -0.324 e. The number of hydrogen-bond donors (Lipinski definition) is 2. The third-order valence-corrected chi connectivity index (χ3v) is 3.24. The zero-order chi connectivity index (χ0) is 10.9. The van der Waals surface area contributed by atoms with Gasteiger partial charge in [0.2, 0.25) is 0 Å². The van der Waals surface area contributed by atoms with Gasteiger partial charge in [0.05, 0.1) is 0 Å². The molecule has 5 heteroatoms. The van der Waals surface area contributed by atoms with Crippen LogP contribution in [0, 0.1) is 0 Å². The maximum atomic E-state index is 11.5. The summed E-state index contributed by atoms with van der Waals surface area (Å²) in [6.45, 7) is 4.89. The summed E-state index contributed by atoms with van der Waals surface area (Å²) >= 11 is 0. The van der Waals surface area contributed by atoms with Crippen LogP contribution in [-0.2, 0) is 4.79 Å². The van der Waals surface area contributed by atoms with E-state index in [0.717, 1.165) is 19.6 Å². The van der Waals surface area contributed by atoms with Crippen molar-refractivity contribution in [1.82, 2.24) is 15.5 Å². The zero-order valence-electron chi connectivity index (χ0n) is 9.01. The largest absolute Gasteiger partial charge is 0.324 e. The van der Waals surface area contributed by atoms with Crippen LogP contribution in [0.4, 0.5) is 4.79 Å². The summed E-state index contributed by atoms with van der Waals surface area (Å²) in [6, 6.07) is -0.371. The second kappa shape index (κ2) is 3.81. The topological polar surface area (TPSA) is 61.4 Å². The third-order valence-electron chi connectivity index (χ3n) is 3.24. The number of imide groups is 1. The summed E-state index contributed by atoms with van der Waals surface area (Å²) in [6.07, 6.45) is 3.18. The summed E-state index contributed by atoms with van der Waals surface area (Å²) < 4.78 is 0. The first-order chi connectivity index (χ1) is 7.10. The van der Waals surface area contributed by atoms with Gasteiger partial charge in [0.1, 0.15) is 5.54 Å². The molecule has 0 aromatic rings. The maximum absolute atomic E-state index is 11.5. The van der Waals surface area contributed by atoms with Gasteiger partial charge >= 0.3 is 6.03 Å². The molecular weight excluding hydrogens is 194 g/mol. The minimum atomic E-state index is -0.709. The van der Waals surface area contributed by atoms with E-state index in [1.54, 1.807) is 6.92 Å². The Morgan fingerprint density at radius 2 is 2.00 bits per heavy atom. The van der Waals surface area contributed by atoms with E-state index < -0.39 is 5.54 Å². The monoisotopic (exact) mass is 211 g/mol. The predicted octanol–water partition coefficient (Wildman–Crippen LogP) is 0.0704. The number of rotatable bonds is 3. The van der Waals surface area contributed by atoms with Gasteiger partial charge in [-0.05, 0) is 39.3 Å². The molecule has 0 aromatic heterocycles. The van der Waals surface area contributed by atoms with Crippen LogP contribution in [0.1, 0.15) is 26.2 Å². The van der Waals surface area contributed by atoms with Crippen LogP contribution in [0.2, 0.25) is 0 Å². The molecule has 0 unspecified atom stereocenters. The molecule has 3 amide bonds. The lowest BCUT2D eigenvalue weighted by atomic mass is 9.98. The van der Waals surface area contributed by atoms with Crippen LogP contribution in [-0.4, -0.2) is 42.0 Å². The Morgan fingerprint density at radius 1 is 1.33 bits per heavy atom. The van der Waals surface area contributed by atoms with E-state index in [0.29, 0.717) is 6.42 Å². The third kappa shape index (κ3) is 2.12. The Kier molecular flexibility index (Phi) is 2.65. The van der Waals surface area contributed by atoms with Crippen molar-refractivity contribution in [3.05, 3.63) is 0 Å². The highest BCUT2D eigenvalue weighted by Gasteiger charge is 2.41. The smallest absolute Gasteiger partial charge is 0.322 e. The highest BCUT2D eigenvalue weighted by atomic mass is 16.2. The molecule has 0 aliphatic carbocycles. The van der Waals surface area contributed by atoms with Crippen molar-refractivity contribution >= 4 is 11.9 Å². The second-order valence-corrected chi connectivity index (χ2v) is 4.54. The molecule has 2 N–H and O–H groups in total. The zero-order valence-corrected chi connectivity index (χ0v) is 9.01. The molecule has 0 aromatic carbocycles. The Labute approximate surface area is 89.2 Å². The number of carbonyl (C=O) groups is 2. The molecule has 0 spiro atoms. The van der Waals surface area contributed by atoms with Gasteiger partial charge in [0.25, 0.3) is 5.91 Å². The van der Waals surface area contributed by atoms with Crippen molar-refractivity contribution < 1.29 is 9.59 Å². The fourth-order valence-electron chi connectivity index (χ4n) is 2.14. The Bertz CT molecular complexity index is 286. The number of urea groups is 1. The lowest BCUT2D eigenvalue weighted by molar-refractivity contribution is -0.123. The van der Waals surface area contributed by atoms with Gasteiger partial charge in [-0.15, -0.1) is 0 Å². The Balaban J connectivity index is 1.87. The Hall–Kier alpha value is -1.10. The number of nitrogens with one attached hydrogen (secondary N) is 2. The molecule has 5 nitrogen and oxygen atoms in total. The highest BCUT2D eigenvalue weighted by molar-refractivity contribution is 6.06. The number of amides is 3. The molecule has 84 valence electrons. The molecule has 0 saturated carbocycles. The quantitative estimate of drug-likeness (QED) is 0.649. The summed E-state index contributed by atoms with van der Waals surface area (Å²) in [7, 11) is 0. The molecule has 2 fully saturated rings. The average molecular weight is 211 g/mol. The predicted molar refractivity (Wildman–Crippen MR) is 55.4 cm³/mol. The number of likely N-dealkylation sites (tertiary alicyclic amines) is 1. The van der Waals surface area contributed by atoms with E-state index in [-0.39, 0.29) is 11.9 Å². The SMILES string of the molecule is C[C@@]1(CCN2CCCC2)NC(=O)NC1=O. The molecule has 2 aliphatic heterocycles. The number of carbonyl (C=O) groups excluding carboxylic acids is 2. The van der Waals surface area contributed by atoms with Crippen molar-refractivity contribution in [3.63, 3.8) is 0 Å². The average Bonchev–Trinajstić information content (AvgIpc) is 2.73. The van der Waals surface area contributed by atoms with E-state index in [2.05, 4.69) is 15.5 Å². The van der Waals surface area contributed by atoms with Gasteiger partial charge in [0, 0.05) is 6.54 Å². The van der Waals surface area contributed by atoms with Crippen LogP contribution < -0.4 is 10.6 Å². The fourth-order valence-corrected chi connectivity index (χ4v) is 2.14. The normalized spacial score (nSPS) is 31.8. The van der Waals surface area contributed by atoms with Crippen LogP contribution in [0.15, 0.2) is 0 Å². The number of hydrogen-bond acceptors (Lipinski definition) is 3. The van der Waals surface area contributed by atoms with Gasteiger partial charge in [0.15, 0.2) is 0 Å². The second-order valence-electron chi connectivity index (χ2n) is 4.54. The summed E-state index contributed by atoms with van der Waals surface area (Å²) in [4.78, 5) is 24.8. The first-order valence-electron chi connectivity index (χ1n) is 5.46. The highest BCUT2D eigenvalue weighted by Crippen LogP contribution is 2.17. The van der Waals surface area contributed by atoms with Crippen LogP contribution in [0.25, 0.3) is 0 Å². The molecule has 1 atom stereocenters. The maximum Gasteiger partial charge on any atom is 0.322 e. The van der Waals surface area contributed by atoms with E-state index in [1.165, 1.54) is 12.8 Å². The lowest BCUT2D eigenvalue weighted by Crippen LogP contribution is -2.46. The van der Waals surface area contributed by atoms with Crippen molar-refractivity contribution in [1.29, 1.82) is 0 Å². The van der Waals surface area contributed by atoms with Gasteiger partial charge in [-0.2, -0.15) is 0 Å². The first kappa shape index (κ1) is 10.4. The van der Waals surface area contributed by atoms with E-state index in [1.807, 2.05) is 0 Å².